The Morgan fingerprint density at radius 1 is 1.23 bits per heavy atom. The second-order valence-corrected chi connectivity index (χ2v) is 8.33. The Balaban J connectivity index is 1.52. The van der Waals surface area contributed by atoms with Crippen LogP contribution in [0, 0.1) is 5.41 Å². The molecule has 4 rings (SSSR count). The molecule has 156 valence electrons. The predicted octanol–water partition coefficient (Wildman–Crippen LogP) is 2.77. The maximum atomic E-state index is 9.91. The molecule has 2 heterocycles. The molecule has 7 nitrogen and oxygen atoms in total. The van der Waals surface area contributed by atoms with E-state index in [9.17, 15) is 10.1 Å². The fourth-order valence-corrected chi connectivity index (χ4v) is 3.49. The molecule has 3 aromatic rings. The zero-order valence-electron chi connectivity index (χ0n) is 17.3. The molecule has 0 bridgehead atoms. The number of nitrogens with zero attached hydrogens (tertiary/aromatic N) is 2. The summed E-state index contributed by atoms with van der Waals surface area (Å²) in [6, 6.07) is 11.5. The number of hydrogen-bond donors (Lipinski definition) is 3. The molecule has 0 spiro atoms. The van der Waals surface area contributed by atoms with E-state index >= 15 is 0 Å². The minimum Gasteiger partial charge on any atom is -0.491 e. The lowest BCUT2D eigenvalue weighted by molar-refractivity contribution is 0.173. The van der Waals surface area contributed by atoms with Gasteiger partial charge in [0.05, 0.1) is 13.2 Å². The lowest BCUT2D eigenvalue weighted by Gasteiger charge is -2.23. The maximum Gasteiger partial charge on any atom is 0.491 e. The summed E-state index contributed by atoms with van der Waals surface area (Å²) in [7, 11) is -0.894. The van der Waals surface area contributed by atoms with Crippen LogP contribution in [0.2, 0.25) is 0 Å². The van der Waals surface area contributed by atoms with Gasteiger partial charge < -0.3 is 24.8 Å². The van der Waals surface area contributed by atoms with Gasteiger partial charge in [0.15, 0.2) is 0 Å². The third-order valence-electron chi connectivity index (χ3n) is 5.46. The largest absolute Gasteiger partial charge is 0.491 e. The first-order valence-electron chi connectivity index (χ1n) is 10.1. The summed E-state index contributed by atoms with van der Waals surface area (Å²) < 4.78 is 11.3. The molecule has 0 fully saturated rings. The Labute approximate surface area is 176 Å². The molecule has 8 heteroatoms. The molecule has 1 aliphatic rings. The molecule has 0 amide bonds. The number of anilines is 2. The number of aromatic nitrogens is 2. The van der Waals surface area contributed by atoms with Crippen LogP contribution in [0.1, 0.15) is 32.3 Å². The van der Waals surface area contributed by atoms with Crippen molar-refractivity contribution in [2.75, 3.05) is 18.5 Å². The van der Waals surface area contributed by atoms with Crippen molar-refractivity contribution < 1.29 is 19.5 Å². The summed E-state index contributed by atoms with van der Waals surface area (Å²) in [6.07, 6.45) is 3.33. The predicted molar refractivity (Wildman–Crippen MR) is 117 cm³/mol. The molecule has 0 unspecified atom stereocenters. The van der Waals surface area contributed by atoms with Gasteiger partial charge in [-0.3, -0.25) is 0 Å². The van der Waals surface area contributed by atoms with Crippen molar-refractivity contribution in [2.24, 2.45) is 5.41 Å². The number of fused-ring (bicyclic) bond motifs is 2. The van der Waals surface area contributed by atoms with Gasteiger partial charge in [-0.05, 0) is 47.5 Å². The van der Waals surface area contributed by atoms with Gasteiger partial charge in [-0.1, -0.05) is 32.0 Å². The molecule has 30 heavy (non-hydrogen) atoms. The van der Waals surface area contributed by atoms with E-state index in [4.69, 9.17) is 9.39 Å². The fourth-order valence-electron chi connectivity index (χ4n) is 3.49. The van der Waals surface area contributed by atoms with Gasteiger partial charge in [0.1, 0.15) is 11.3 Å². The monoisotopic (exact) mass is 407 g/mol. The summed E-state index contributed by atoms with van der Waals surface area (Å²) in [5.41, 5.74) is 3.27. The Hall–Kier alpha value is -2.68. The lowest BCUT2D eigenvalue weighted by atomic mass is 9.79. The van der Waals surface area contributed by atoms with Crippen molar-refractivity contribution in [3.63, 3.8) is 0 Å². The Kier molecular flexibility index (Phi) is 5.90. The molecule has 1 aromatic heterocycles. The number of aliphatic hydroxyl groups is 1. The summed E-state index contributed by atoms with van der Waals surface area (Å²) in [6.45, 7) is 5.38. The van der Waals surface area contributed by atoms with E-state index in [1.165, 1.54) is 0 Å². The average Bonchev–Trinajstić information content (AvgIpc) is 3.08. The summed E-state index contributed by atoms with van der Waals surface area (Å²) in [5, 5.41) is 23.2. The number of hydrogen-bond acceptors (Lipinski definition) is 7. The first-order chi connectivity index (χ1) is 14.4. The molecule has 1 aliphatic heterocycles. The average molecular weight is 407 g/mol. The van der Waals surface area contributed by atoms with Crippen molar-refractivity contribution in [2.45, 2.75) is 33.3 Å². The third kappa shape index (κ3) is 4.56. The molecular formula is C22H26BN3O4. The summed E-state index contributed by atoms with van der Waals surface area (Å²) in [5.74, 6) is 1.16. The normalized spacial score (nSPS) is 13.5. The highest BCUT2D eigenvalue weighted by Crippen LogP contribution is 2.28. The number of ether oxygens (including phenoxy) is 1. The second-order valence-electron chi connectivity index (χ2n) is 8.33. The van der Waals surface area contributed by atoms with Crippen LogP contribution in [0.4, 0.5) is 11.6 Å². The zero-order chi connectivity index (χ0) is 21.1. The third-order valence-corrected chi connectivity index (χ3v) is 5.46. The van der Waals surface area contributed by atoms with Crippen LogP contribution in [-0.2, 0) is 11.3 Å². The van der Waals surface area contributed by atoms with Crippen molar-refractivity contribution in [3.05, 3.63) is 48.2 Å². The van der Waals surface area contributed by atoms with Crippen molar-refractivity contribution in [1.82, 2.24) is 9.97 Å². The first kappa shape index (κ1) is 20.6. The van der Waals surface area contributed by atoms with Crippen LogP contribution < -0.4 is 15.5 Å². The van der Waals surface area contributed by atoms with E-state index in [0.717, 1.165) is 40.5 Å². The highest BCUT2D eigenvalue weighted by molar-refractivity contribution is 6.61. The van der Waals surface area contributed by atoms with Crippen LogP contribution in [0.25, 0.3) is 10.9 Å². The standard InChI is InChI=1S/C22H26BN3O4/c1-22(2,8-10-27)9-11-29-19-5-3-4-15-13-24-21(26-20(15)19)25-17-7-6-16-14-30-23(28)18(16)12-17/h3-7,12-13,27-28H,8-11,14H2,1-2H3,(H,24,25,26). The number of nitrogens with one attached hydrogen (secondary N) is 1. The minimum absolute atomic E-state index is 0.0167. The molecule has 0 aliphatic carbocycles. The van der Waals surface area contributed by atoms with Crippen LogP contribution in [0.3, 0.4) is 0 Å². The van der Waals surface area contributed by atoms with Gasteiger partial charge in [-0.25, -0.2) is 9.97 Å². The number of aliphatic hydroxyl groups excluding tert-OH is 1. The SMILES string of the molecule is CC(C)(CCO)CCOc1cccc2cnc(Nc3ccc4c(c3)B(O)OC4)nc12. The smallest absolute Gasteiger partial charge is 0.491 e. The van der Waals surface area contributed by atoms with Crippen LogP contribution in [0.15, 0.2) is 42.6 Å². The highest BCUT2D eigenvalue weighted by Gasteiger charge is 2.27. The van der Waals surface area contributed by atoms with Crippen molar-refractivity contribution in [3.8, 4) is 5.75 Å². The van der Waals surface area contributed by atoms with Gasteiger partial charge >= 0.3 is 7.12 Å². The zero-order valence-corrected chi connectivity index (χ0v) is 17.3. The molecule has 0 radical (unpaired) electrons. The minimum atomic E-state index is -0.894. The van der Waals surface area contributed by atoms with Crippen molar-refractivity contribution in [1.29, 1.82) is 0 Å². The number of benzene rings is 2. The van der Waals surface area contributed by atoms with E-state index < -0.39 is 7.12 Å². The Morgan fingerprint density at radius 3 is 2.93 bits per heavy atom. The summed E-state index contributed by atoms with van der Waals surface area (Å²) >= 11 is 0. The first-order valence-corrected chi connectivity index (χ1v) is 10.1. The highest BCUT2D eigenvalue weighted by atomic mass is 16.5. The van der Waals surface area contributed by atoms with E-state index in [2.05, 4.69) is 29.1 Å². The van der Waals surface area contributed by atoms with E-state index in [0.29, 0.717) is 24.9 Å². The Morgan fingerprint density at radius 2 is 2.10 bits per heavy atom. The topological polar surface area (TPSA) is 96.7 Å². The van der Waals surface area contributed by atoms with Gasteiger partial charge in [0, 0.05) is 23.9 Å². The quantitative estimate of drug-likeness (QED) is 0.494. The maximum absolute atomic E-state index is 9.91. The molecule has 0 atom stereocenters. The van der Waals surface area contributed by atoms with E-state index in [-0.39, 0.29) is 12.0 Å². The van der Waals surface area contributed by atoms with E-state index in [1.807, 2.05) is 36.4 Å². The van der Waals surface area contributed by atoms with Gasteiger partial charge in [0.2, 0.25) is 5.95 Å². The van der Waals surface area contributed by atoms with Gasteiger partial charge in [0.25, 0.3) is 0 Å². The van der Waals surface area contributed by atoms with Crippen LogP contribution in [0.5, 0.6) is 5.75 Å². The molecule has 3 N–H and O–H groups in total. The number of rotatable bonds is 8. The lowest BCUT2D eigenvalue weighted by Crippen LogP contribution is -2.28. The fraction of sp³-hybridized carbons (Fsp3) is 0.364. The molecule has 0 saturated heterocycles. The van der Waals surface area contributed by atoms with Gasteiger partial charge in [-0.2, -0.15) is 0 Å². The Bertz CT molecular complexity index is 1040. The van der Waals surface area contributed by atoms with E-state index in [1.54, 1.807) is 6.20 Å². The second kappa shape index (κ2) is 8.59. The van der Waals surface area contributed by atoms with Crippen LogP contribution >= 0.6 is 0 Å². The molecule has 0 saturated carbocycles. The summed E-state index contributed by atoms with van der Waals surface area (Å²) in [4.78, 5) is 9.05. The van der Waals surface area contributed by atoms with Crippen molar-refractivity contribution >= 4 is 35.1 Å². The number of para-hydroxylation sites is 1. The van der Waals surface area contributed by atoms with Crippen LogP contribution in [-0.4, -0.2) is 40.4 Å². The molecular weight excluding hydrogens is 381 g/mol. The molecule has 2 aromatic carbocycles. The van der Waals surface area contributed by atoms with Gasteiger partial charge in [-0.15, -0.1) is 0 Å².